The fourth-order valence-corrected chi connectivity index (χ4v) is 2.97. The van der Waals surface area contributed by atoms with E-state index in [1.165, 1.54) is 24.3 Å². The smallest absolute Gasteiger partial charge is 0.325 e. The Morgan fingerprint density at radius 1 is 1.27 bits per heavy atom. The first kappa shape index (κ1) is 19.9. The summed E-state index contributed by atoms with van der Waals surface area (Å²) in [6, 6.07) is 4.94. The summed E-state index contributed by atoms with van der Waals surface area (Å²) in [5.74, 6) is -0.999. The lowest BCUT2D eigenvalue weighted by Gasteiger charge is -2.27. The highest BCUT2D eigenvalue weighted by molar-refractivity contribution is 6.09. The number of amides is 4. The van der Waals surface area contributed by atoms with E-state index < -0.39 is 23.3 Å². The molecule has 0 aromatic heterocycles. The minimum absolute atomic E-state index is 0.268. The van der Waals surface area contributed by atoms with Gasteiger partial charge in [-0.2, -0.15) is 0 Å². The summed E-state index contributed by atoms with van der Waals surface area (Å²) in [6.07, 6.45) is 1.93. The van der Waals surface area contributed by atoms with Crippen LogP contribution in [0.2, 0.25) is 0 Å². The van der Waals surface area contributed by atoms with Crippen LogP contribution in [0.3, 0.4) is 0 Å². The number of nitrogens with zero attached hydrogens (tertiary/aromatic N) is 1. The van der Waals surface area contributed by atoms with Crippen LogP contribution in [0.15, 0.2) is 24.3 Å². The van der Waals surface area contributed by atoms with Crippen molar-refractivity contribution >= 4 is 17.8 Å². The summed E-state index contributed by atoms with van der Waals surface area (Å²) in [5.41, 5.74) is -0.727. The first-order chi connectivity index (χ1) is 12.3. The molecule has 1 atom stereocenters. The van der Waals surface area contributed by atoms with E-state index >= 15 is 0 Å². The maximum atomic E-state index is 13.3. The van der Waals surface area contributed by atoms with Gasteiger partial charge in [-0.3, -0.25) is 14.5 Å². The normalized spacial score (nSPS) is 19.8. The standard InChI is InChI=1S/C19H26FN3O3/c1-4-5-10-19(14-6-8-15(20)9-7-14)17(25)23(18(26)22-19)12-16(24)21-11-13(2)3/h6-9,13H,4-5,10-12H2,1-3H3,(H,21,24)(H,22,26). The van der Waals surface area contributed by atoms with Crippen molar-refractivity contribution in [2.45, 2.75) is 45.6 Å². The molecule has 1 aromatic rings. The number of carbonyl (C=O) groups excluding carboxylic acids is 3. The van der Waals surface area contributed by atoms with Crippen LogP contribution in [0.5, 0.6) is 0 Å². The van der Waals surface area contributed by atoms with Crippen molar-refractivity contribution < 1.29 is 18.8 Å². The number of unbranched alkanes of at least 4 members (excludes halogenated alkanes) is 1. The van der Waals surface area contributed by atoms with E-state index in [0.29, 0.717) is 24.9 Å². The summed E-state index contributed by atoms with van der Waals surface area (Å²) >= 11 is 0. The third-order valence-electron chi connectivity index (χ3n) is 4.43. The van der Waals surface area contributed by atoms with E-state index in [1.54, 1.807) is 0 Å². The largest absolute Gasteiger partial charge is 0.354 e. The lowest BCUT2D eigenvalue weighted by Crippen LogP contribution is -2.45. The number of carbonyl (C=O) groups is 3. The first-order valence-electron chi connectivity index (χ1n) is 8.97. The van der Waals surface area contributed by atoms with E-state index in [0.717, 1.165) is 11.3 Å². The Labute approximate surface area is 153 Å². The zero-order valence-electron chi connectivity index (χ0n) is 15.5. The van der Waals surface area contributed by atoms with Gasteiger partial charge in [0, 0.05) is 6.54 Å². The highest BCUT2D eigenvalue weighted by Crippen LogP contribution is 2.34. The van der Waals surface area contributed by atoms with Crippen molar-refractivity contribution in [1.29, 1.82) is 0 Å². The molecule has 0 spiro atoms. The second-order valence-electron chi connectivity index (χ2n) is 7.04. The molecular formula is C19H26FN3O3. The molecular weight excluding hydrogens is 337 g/mol. The van der Waals surface area contributed by atoms with Crippen LogP contribution in [-0.4, -0.2) is 35.8 Å². The van der Waals surface area contributed by atoms with Crippen LogP contribution < -0.4 is 10.6 Å². The van der Waals surface area contributed by atoms with Crippen LogP contribution in [0.1, 0.15) is 45.6 Å². The van der Waals surface area contributed by atoms with Crippen LogP contribution in [-0.2, 0) is 15.1 Å². The Bertz CT molecular complexity index is 675. The molecule has 1 saturated heterocycles. The van der Waals surface area contributed by atoms with Gasteiger partial charge in [0.25, 0.3) is 5.91 Å². The maximum Gasteiger partial charge on any atom is 0.325 e. The van der Waals surface area contributed by atoms with Gasteiger partial charge in [-0.1, -0.05) is 45.7 Å². The molecule has 6 nitrogen and oxygen atoms in total. The number of imide groups is 1. The fraction of sp³-hybridized carbons (Fsp3) is 0.526. The van der Waals surface area contributed by atoms with Crippen LogP contribution in [0, 0.1) is 11.7 Å². The summed E-state index contributed by atoms with van der Waals surface area (Å²) in [6.45, 7) is 6.04. The van der Waals surface area contributed by atoms with Gasteiger partial charge in [0.2, 0.25) is 5.91 Å². The van der Waals surface area contributed by atoms with Gasteiger partial charge in [-0.25, -0.2) is 9.18 Å². The highest BCUT2D eigenvalue weighted by Gasteiger charge is 2.52. The zero-order chi connectivity index (χ0) is 19.3. The Balaban J connectivity index is 2.24. The Morgan fingerprint density at radius 2 is 1.92 bits per heavy atom. The number of hydrogen-bond acceptors (Lipinski definition) is 3. The average molecular weight is 363 g/mol. The SMILES string of the molecule is CCCCC1(c2ccc(F)cc2)NC(=O)N(CC(=O)NCC(C)C)C1=O. The maximum absolute atomic E-state index is 13.3. The second kappa shape index (κ2) is 8.29. The molecule has 1 aliphatic heterocycles. The molecule has 1 heterocycles. The first-order valence-corrected chi connectivity index (χ1v) is 8.97. The minimum atomic E-state index is -1.25. The number of halogens is 1. The highest BCUT2D eigenvalue weighted by atomic mass is 19.1. The molecule has 0 radical (unpaired) electrons. The molecule has 1 unspecified atom stereocenters. The molecule has 0 bridgehead atoms. The van der Waals surface area contributed by atoms with Crippen LogP contribution in [0.4, 0.5) is 9.18 Å². The van der Waals surface area contributed by atoms with Crippen LogP contribution >= 0.6 is 0 Å². The van der Waals surface area contributed by atoms with Crippen molar-refractivity contribution in [1.82, 2.24) is 15.5 Å². The number of nitrogens with one attached hydrogen (secondary N) is 2. The molecule has 0 saturated carbocycles. The van der Waals surface area contributed by atoms with Crippen LogP contribution in [0.25, 0.3) is 0 Å². The van der Waals surface area contributed by atoms with E-state index in [9.17, 15) is 18.8 Å². The number of rotatable bonds is 8. The lowest BCUT2D eigenvalue weighted by atomic mass is 9.85. The molecule has 4 amide bonds. The summed E-state index contributed by atoms with van der Waals surface area (Å²) in [4.78, 5) is 38.5. The van der Waals surface area contributed by atoms with E-state index in [1.807, 2.05) is 20.8 Å². The predicted octanol–water partition coefficient (Wildman–Crippen LogP) is 2.54. The van der Waals surface area contributed by atoms with Gasteiger partial charge >= 0.3 is 6.03 Å². The third-order valence-corrected chi connectivity index (χ3v) is 4.43. The number of urea groups is 1. The lowest BCUT2D eigenvalue weighted by molar-refractivity contribution is -0.135. The molecule has 2 rings (SSSR count). The number of benzene rings is 1. The second-order valence-corrected chi connectivity index (χ2v) is 7.04. The van der Waals surface area contributed by atoms with Crippen molar-refractivity contribution in [2.75, 3.05) is 13.1 Å². The van der Waals surface area contributed by atoms with Gasteiger partial charge < -0.3 is 10.6 Å². The quantitative estimate of drug-likeness (QED) is 0.697. The summed E-state index contributed by atoms with van der Waals surface area (Å²) in [5, 5.41) is 5.45. The zero-order valence-corrected chi connectivity index (χ0v) is 15.5. The molecule has 142 valence electrons. The fourth-order valence-electron chi connectivity index (χ4n) is 2.97. The van der Waals surface area contributed by atoms with Gasteiger partial charge in [0.05, 0.1) is 0 Å². The van der Waals surface area contributed by atoms with Gasteiger partial charge in [0.1, 0.15) is 17.9 Å². The van der Waals surface area contributed by atoms with E-state index in [2.05, 4.69) is 10.6 Å². The van der Waals surface area contributed by atoms with Crippen molar-refractivity contribution in [3.8, 4) is 0 Å². The van der Waals surface area contributed by atoms with Crippen molar-refractivity contribution in [2.24, 2.45) is 5.92 Å². The summed E-state index contributed by atoms with van der Waals surface area (Å²) < 4.78 is 13.3. The molecule has 26 heavy (non-hydrogen) atoms. The molecule has 0 aliphatic carbocycles. The number of hydrogen-bond donors (Lipinski definition) is 2. The minimum Gasteiger partial charge on any atom is -0.354 e. The van der Waals surface area contributed by atoms with Gasteiger partial charge in [0.15, 0.2) is 0 Å². The van der Waals surface area contributed by atoms with Crippen molar-refractivity contribution in [3.63, 3.8) is 0 Å². The van der Waals surface area contributed by atoms with Crippen molar-refractivity contribution in [3.05, 3.63) is 35.6 Å². The van der Waals surface area contributed by atoms with Gasteiger partial charge in [-0.05, 0) is 30.0 Å². The predicted molar refractivity (Wildman–Crippen MR) is 95.7 cm³/mol. The topological polar surface area (TPSA) is 78.5 Å². The molecule has 1 aliphatic rings. The average Bonchev–Trinajstić information content (AvgIpc) is 2.84. The summed E-state index contributed by atoms with van der Waals surface area (Å²) in [7, 11) is 0. The van der Waals surface area contributed by atoms with Gasteiger partial charge in [-0.15, -0.1) is 0 Å². The monoisotopic (exact) mass is 363 g/mol. The van der Waals surface area contributed by atoms with E-state index in [4.69, 9.17) is 0 Å². The molecule has 1 fully saturated rings. The molecule has 2 N–H and O–H groups in total. The Morgan fingerprint density at radius 3 is 2.50 bits per heavy atom. The van der Waals surface area contributed by atoms with E-state index in [-0.39, 0.29) is 18.4 Å². The molecule has 1 aromatic carbocycles. The Kier molecular flexibility index (Phi) is 6.34. The Hall–Kier alpha value is -2.44. The molecule has 7 heteroatoms. The third kappa shape index (κ3) is 4.20.